The predicted molar refractivity (Wildman–Crippen MR) is 75.7 cm³/mol. The lowest BCUT2D eigenvalue weighted by Gasteiger charge is -2.28. The number of benzene rings is 1. The maximum atomic E-state index is 12.0. The van der Waals surface area contributed by atoms with Crippen LogP contribution in [0, 0.1) is 0 Å². The van der Waals surface area contributed by atoms with Crippen LogP contribution >= 0.6 is 0 Å². The van der Waals surface area contributed by atoms with Crippen LogP contribution in [0.15, 0.2) is 33.6 Å². The SMILES string of the molecule is CC(C)N(CCCN)C1=NS(=O)(=O)c2ccccc21. The molecule has 2 rings (SSSR count). The number of sulfonamides is 1. The van der Waals surface area contributed by atoms with Gasteiger partial charge >= 0.3 is 0 Å². The molecule has 104 valence electrons. The van der Waals surface area contributed by atoms with Crippen LogP contribution in [0.25, 0.3) is 0 Å². The summed E-state index contributed by atoms with van der Waals surface area (Å²) in [5.74, 6) is 0.541. The second-order valence-corrected chi connectivity index (χ2v) is 6.39. The van der Waals surface area contributed by atoms with Crippen LogP contribution in [0.4, 0.5) is 0 Å². The Morgan fingerprint density at radius 3 is 2.63 bits per heavy atom. The van der Waals surface area contributed by atoms with E-state index < -0.39 is 10.0 Å². The molecule has 1 aromatic carbocycles. The standard InChI is InChI=1S/C13H19N3O2S/c1-10(2)16(9-5-8-14)13-11-6-3-4-7-12(11)19(17,18)15-13/h3-4,6-7,10H,5,8-9,14H2,1-2H3. The monoisotopic (exact) mass is 281 g/mol. The van der Waals surface area contributed by atoms with E-state index in [1.165, 1.54) is 0 Å². The van der Waals surface area contributed by atoms with Gasteiger partial charge in [0.1, 0.15) is 4.90 Å². The molecule has 0 unspecified atom stereocenters. The van der Waals surface area contributed by atoms with E-state index in [1.54, 1.807) is 18.2 Å². The van der Waals surface area contributed by atoms with E-state index in [1.807, 2.05) is 24.8 Å². The largest absolute Gasteiger partial charge is 0.353 e. The minimum Gasteiger partial charge on any atom is -0.353 e. The lowest BCUT2D eigenvalue weighted by atomic mass is 10.1. The second kappa shape index (κ2) is 5.30. The van der Waals surface area contributed by atoms with Crippen molar-refractivity contribution in [2.24, 2.45) is 10.1 Å². The van der Waals surface area contributed by atoms with Gasteiger partial charge < -0.3 is 10.6 Å². The van der Waals surface area contributed by atoms with Gasteiger partial charge in [0.25, 0.3) is 10.0 Å². The zero-order valence-corrected chi connectivity index (χ0v) is 12.0. The average Bonchev–Trinajstić information content (AvgIpc) is 2.63. The molecular weight excluding hydrogens is 262 g/mol. The van der Waals surface area contributed by atoms with E-state index in [2.05, 4.69) is 4.40 Å². The van der Waals surface area contributed by atoms with Crippen molar-refractivity contribution in [3.8, 4) is 0 Å². The summed E-state index contributed by atoms with van der Waals surface area (Å²) in [5.41, 5.74) is 6.23. The number of hydrogen-bond donors (Lipinski definition) is 1. The zero-order valence-electron chi connectivity index (χ0n) is 11.2. The number of amidine groups is 1. The van der Waals surface area contributed by atoms with Crippen molar-refractivity contribution in [1.82, 2.24) is 4.90 Å². The minimum atomic E-state index is -3.54. The van der Waals surface area contributed by atoms with Gasteiger partial charge in [0.2, 0.25) is 0 Å². The van der Waals surface area contributed by atoms with Gasteiger partial charge in [0.05, 0.1) is 0 Å². The first-order valence-corrected chi connectivity index (χ1v) is 7.82. The van der Waals surface area contributed by atoms with Crippen LogP contribution in [0.2, 0.25) is 0 Å². The average molecular weight is 281 g/mol. The summed E-state index contributed by atoms with van der Waals surface area (Å²) in [4.78, 5) is 2.29. The third kappa shape index (κ3) is 2.64. The molecule has 0 fully saturated rings. The van der Waals surface area contributed by atoms with Crippen LogP contribution in [0.1, 0.15) is 25.8 Å². The van der Waals surface area contributed by atoms with E-state index in [-0.39, 0.29) is 6.04 Å². The predicted octanol–water partition coefficient (Wildman–Crippen LogP) is 1.19. The number of fused-ring (bicyclic) bond motifs is 1. The topological polar surface area (TPSA) is 75.8 Å². The molecule has 0 spiro atoms. The van der Waals surface area contributed by atoms with Gasteiger partial charge in [-0.1, -0.05) is 12.1 Å². The Kier molecular flexibility index (Phi) is 3.91. The van der Waals surface area contributed by atoms with Crippen LogP contribution in [0.5, 0.6) is 0 Å². The van der Waals surface area contributed by atoms with E-state index in [4.69, 9.17) is 5.73 Å². The smallest absolute Gasteiger partial charge is 0.285 e. The Morgan fingerprint density at radius 2 is 2.00 bits per heavy atom. The van der Waals surface area contributed by atoms with Gasteiger partial charge in [-0.15, -0.1) is 4.40 Å². The first kappa shape index (κ1) is 14.0. The molecule has 1 aromatic rings. The van der Waals surface area contributed by atoms with Gasteiger partial charge in [-0.2, -0.15) is 8.42 Å². The third-order valence-electron chi connectivity index (χ3n) is 3.11. The van der Waals surface area contributed by atoms with Gasteiger partial charge in [0, 0.05) is 18.2 Å². The van der Waals surface area contributed by atoms with Crippen molar-refractivity contribution < 1.29 is 8.42 Å². The molecule has 0 atom stereocenters. The Morgan fingerprint density at radius 1 is 1.32 bits per heavy atom. The molecule has 0 saturated heterocycles. The quantitative estimate of drug-likeness (QED) is 0.899. The summed E-state index contributed by atoms with van der Waals surface area (Å²) < 4.78 is 28.0. The molecule has 1 aliphatic heterocycles. The highest BCUT2D eigenvalue weighted by Gasteiger charge is 2.32. The second-order valence-electron chi connectivity index (χ2n) is 4.82. The summed E-state index contributed by atoms with van der Waals surface area (Å²) in [6.07, 6.45) is 0.805. The molecule has 0 saturated carbocycles. The van der Waals surface area contributed by atoms with E-state index >= 15 is 0 Å². The highest BCUT2D eigenvalue weighted by atomic mass is 32.2. The van der Waals surface area contributed by atoms with Gasteiger partial charge in [-0.3, -0.25) is 0 Å². The molecule has 0 amide bonds. The van der Waals surface area contributed by atoms with Crippen LogP contribution < -0.4 is 5.73 Å². The maximum absolute atomic E-state index is 12.0. The fourth-order valence-electron chi connectivity index (χ4n) is 2.17. The Balaban J connectivity index is 2.44. The molecule has 2 N–H and O–H groups in total. The summed E-state index contributed by atoms with van der Waals surface area (Å²) in [5, 5.41) is 0. The van der Waals surface area contributed by atoms with E-state index in [0.717, 1.165) is 6.42 Å². The van der Waals surface area contributed by atoms with Gasteiger partial charge in [-0.05, 0) is 38.9 Å². The maximum Gasteiger partial charge on any atom is 0.285 e. The highest BCUT2D eigenvalue weighted by molar-refractivity contribution is 7.90. The Hall–Kier alpha value is -1.40. The summed E-state index contributed by atoms with van der Waals surface area (Å²) in [6, 6.07) is 7.12. The Bertz CT molecular complexity index is 594. The van der Waals surface area contributed by atoms with Crippen LogP contribution in [0.3, 0.4) is 0 Å². The van der Waals surface area contributed by atoms with E-state index in [0.29, 0.717) is 29.4 Å². The van der Waals surface area contributed by atoms with Crippen LogP contribution in [-0.4, -0.2) is 38.3 Å². The minimum absolute atomic E-state index is 0.173. The number of rotatable bonds is 4. The molecule has 0 bridgehead atoms. The molecule has 0 aromatic heterocycles. The highest BCUT2D eigenvalue weighted by Crippen LogP contribution is 2.28. The van der Waals surface area contributed by atoms with Crippen LogP contribution in [-0.2, 0) is 10.0 Å². The number of nitrogens with two attached hydrogens (primary N) is 1. The molecule has 1 aliphatic rings. The van der Waals surface area contributed by atoms with Crippen molar-refractivity contribution >= 4 is 15.9 Å². The zero-order chi connectivity index (χ0) is 14.0. The summed E-state index contributed by atoms with van der Waals surface area (Å²) >= 11 is 0. The normalized spacial score (nSPS) is 16.3. The van der Waals surface area contributed by atoms with E-state index in [9.17, 15) is 8.42 Å². The fourth-order valence-corrected chi connectivity index (χ4v) is 3.38. The lowest BCUT2D eigenvalue weighted by Crippen LogP contribution is -2.38. The fraction of sp³-hybridized carbons (Fsp3) is 0.462. The number of nitrogens with zero attached hydrogens (tertiary/aromatic N) is 2. The first-order valence-electron chi connectivity index (χ1n) is 6.38. The molecule has 19 heavy (non-hydrogen) atoms. The third-order valence-corrected chi connectivity index (χ3v) is 4.44. The number of hydrogen-bond acceptors (Lipinski definition) is 4. The van der Waals surface area contributed by atoms with Crippen molar-refractivity contribution in [1.29, 1.82) is 0 Å². The summed E-state index contributed by atoms with van der Waals surface area (Å²) in [7, 11) is -3.54. The molecular formula is C13H19N3O2S. The molecule has 0 radical (unpaired) electrons. The Labute approximate surface area is 114 Å². The van der Waals surface area contributed by atoms with Gasteiger partial charge in [-0.25, -0.2) is 0 Å². The van der Waals surface area contributed by atoms with Crippen molar-refractivity contribution in [3.05, 3.63) is 29.8 Å². The lowest BCUT2D eigenvalue weighted by molar-refractivity contribution is 0.347. The molecule has 1 heterocycles. The molecule has 0 aliphatic carbocycles. The molecule has 5 nitrogen and oxygen atoms in total. The molecule has 6 heteroatoms. The van der Waals surface area contributed by atoms with Crippen molar-refractivity contribution in [2.45, 2.75) is 31.2 Å². The van der Waals surface area contributed by atoms with Gasteiger partial charge in [0.15, 0.2) is 5.84 Å². The first-order chi connectivity index (χ1) is 8.97. The summed E-state index contributed by atoms with van der Waals surface area (Å²) in [6.45, 7) is 5.32. The van der Waals surface area contributed by atoms with Crippen molar-refractivity contribution in [3.63, 3.8) is 0 Å². The van der Waals surface area contributed by atoms with Crippen molar-refractivity contribution in [2.75, 3.05) is 13.1 Å².